The van der Waals surface area contributed by atoms with E-state index in [4.69, 9.17) is 5.11 Å². The number of rotatable bonds is 5. The molecule has 0 atom stereocenters. The van der Waals surface area contributed by atoms with E-state index in [2.05, 4.69) is 10.3 Å². The Hall–Kier alpha value is -0.940. The van der Waals surface area contributed by atoms with Gasteiger partial charge in [0.05, 0.1) is 17.1 Å². The number of hydrogen-bond donors (Lipinski definition) is 2. The number of carboxylic acids is 1. The molecule has 1 aromatic rings. The Morgan fingerprint density at radius 2 is 2.24 bits per heavy atom. The van der Waals surface area contributed by atoms with Gasteiger partial charge in [0.2, 0.25) is 0 Å². The Morgan fingerprint density at radius 1 is 1.47 bits per heavy atom. The molecule has 0 radical (unpaired) electrons. The van der Waals surface area contributed by atoms with Crippen LogP contribution in [0, 0.1) is 11.8 Å². The molecule has 1 aromatic heterocycles. The van der Waals surface area contributed by atoms with E-state index in [1.807, 2.05) is 10.9 Å². The van der Waals surface area contributed by atoms with E-state index in [0.29, 0.717) is 5.92 Å². The van der Waals surface area contributed by atoms with Crippen molar-refractivity contribution in [3.05, 3.63) is 16.6 Å². The lowest BCUT2D eigenvalue weighted by atomic mass is 9.82. The van der Waals surface area contributed by atoms with E-state index in [9.17, 15) is 4.79 Å². The molecule has 0 aromatic carbocycles. The number of nitrogens with zero attached hydrogens (tertiary/aromatic N) is 1. The van der Waals surface area contributed by atoms with Crippen LogP contribution in [0.15, 0.2) is 10.9 Å². The number of carbonyl (C=O) groups is 1. The third-order valence-electron chi connectivity index (χ3n) is 3.42. The largest absolute Gasteiger partial charge is 0.481 e. The molecule has 94 valence electrons. The zero-order valence-electron chi connectivity index (χ0n) is 9.76. The zero-order valence-corrected chi connectivity index (χ0v) is 10.6. The van der Waals surface area contributed by atoms with Gasteiger partial charge >= 0.3 is 5.97 Å². The SMILES string of the molecule is O=C(O)C1CCC(CNCc2cscn2)CC1. The lowest BCUT2D eigenvalue weighted by Crippen LogP contribution is -2.28. The average Bonchev–Trinajstić information content (AvgIpc) is 2.83. The standard InChI is InChI=1S/C12H18N2O2S/c15-12(16)10-3-1-9(2-4-10)5-13-6-11-7-17-8-14-11/h7-10,13H,1-6H2,(H,15,16). The first kappa shape index (κ1) is 12.5. The molecule has 4 nitrogen and oxygen atoms in total. The molecule has 0 aliphatic heterocycles. The number of carboxylic acid groups (broad SMARTS) is 1. The molecule has 1 aliphatic carbocycles. The number of aliphatic carboxylic acids is 1. The average molecular weight is 254 g/mol. The molecule has 1 heterocycles. The van der Waals surface area contributed by atoms with Crippen molar-refractivity contribution in [3.8, 4) is 0 Å². The quantitative estimate of drug-likeness (QED) is 0.845. The second kappa shape index (κ2) is 6.12. The second-order valence-electron chi connectivity index (χ2n) is 4.67. The van der Waals surface area contributed by atoms with E-state index in [1.165, 1.54) is 0 Å². The molecule has 0 saturated heterocycles. The van der Waals surface area contributed by atoms with Crippen LogP contribution in [0.1, 0.15) is 31.4 Å². The normalized spacial score (nSPS) is 24.7. The van der Waals surface area contributed by atoms with Crippen molar-refractivity contribution in [2.45, 2.75) is 32.2 Å². The Kier molecular flexibility index (Phi) is 4.50. The highest BCUT2D eigenvalue weighted by Gasteiger charge is 2.25. The molecule has 0 bridgehead atoms. The molecule has 0 unspecified atom stereocenters. The molecule has 5 heteroatoms. The minimum absolute atomic E-state index is 0.107. The number of thiazole rings is 1. The first-order valence-electron chi connectivity index (χ1n) is 6.06. The van der Waals surface area contributed by atoms with Gasteiger partial charge in [-0.3, -0.25) is 4.79 Å². The van der Waals surface area contributed by atoms with Gasteiger partial charge in [-0.25, -0.2) is 4.98 Å². The van der Waals surface area contributed by atoms with Crippen LogP contribution in [0.3, 0.4) is 0 Å². The third kappa shape index (κ3) is 3.78. The molecule has 2 N–H and O–H groups in total. The fraction of sp³-hybridized carbons (Fsp3) is 0.667. The maximum atomic E-state index is 10.8. The van der Waals surface area contributed by atoms with E-state index in [-0.39, 0.29) is 5.92 Å². The van der Waals surface area contributed by atoms with Crippen molar-refractivity contribution >= 4 is 17.3 Å². The summed E-state index contributed by atoms with van der Waals surface area (Å²) < 4.78 is 0. The summed E-state index contributed by atoms with van der Waals surface area (Å²) in [6, 6.07) is 0. The third-order valence-corrected chi connectivity index (χ3v) is 4.05. The van der Waals surface area contributed by atoms with Crippen molar-refractivity contribution in [1.29, 1.82) is 0 Å². The van der Waals surface area contributed by atoms with Crippen molar-refractivity contribution in [1.82, 2.24) is 10.3 Å². The second-order valence-corrected chi connectivity index (χ2v) is 5.39. The minimum atomic E-state index is -0.626. The lowest BCUT2D eigenvalue weighted by Gasteiger charge is -2.26. The molecular formula is C12H18N2O2S. The van der Waals surface area contributed by atoms with E-state index in [0.717, 1.165) is 44.5 Å². The first-order chi connectivity index (χ1) is 8.25. The van der Waals surface area contributed by atoms with Crippen molar-refractivity contribution in [2.75, 3.05) is 6.54 Å². The van der Waals surface area contributed by atoms with Gasteiger partial charge in [-0.2, -0.15) is 0 Å². The molecule has 1 fully saturated rings. The zero-order chi connectivity index (χ0) is 12.1. The van der Waals surface area contributed by atoms with Crippen LogP contribution >= 0.6 is 11.3 Å². The molecule has 17 heavy (non-hydrogen) atoms. The summed E-state index contributed by atoms with van der Waals surface area (Å²) in [5, 5.41) is 14.4. The fourth-order valence-electron chi connectivity index (χ4n) is 2.34. The van der Waals surface area contributed by atoms with E-state index < -0.39 is 5.97 Å². The number of hydrogen-bond acceptors (Lipinski definition) is 4. The van der Waals surface area contributed by atoms with Crippen LogP contribution in [0.2, 0.25) is 0 Å². The Balaban J connectivity index is 1.63. The monoisotopic (exact) mass is 254 g/mol. The maximum absolute atomic E-state index is 10.8. The summed E-state index contributed by atoms with van der Waals surface area (Å²) in [6.45, 7) is 1.80. The summed E-state index contributed by atoms with van der Waals surface area (Å²) >= 11 is 1.61. The van der Waals surface area contributed by atoms with Gasteiger partial charge in [0.25, 0.3) is 0 Å². The van der Waals surface area contributed by atoms with Gasteiger partial charge in [-0.05, 0) is 38.1 Å². The van der Waals surface area contributed by atoms with Gasteiger partial charge in [-0.1, -0.05) is 0 Å². The van der Waals surface area contributed by atoms with Gasteiger partial charge < -0.3 is 10.4 Å². The number of nitrogens with one attached hydrogen (secondary N) is 1. The summed E-state index contributed by atoms with van der Waals surface area (Å²) in [5.74, 6) is -0.104. The lowest BCUT2D eigenvalue weighted by molar-refractivity contribution is -0.143. The predicted octanol–water partition coefficient (Wildman–Crippen LogP) is 2.12. The topological polar surface area (TPSA) is 62.2 Å². The highest BCUT2D eigenvalue weighted by atomic mass is 32.1. The summed E-state index contributed by atoms with van der Waals surface area (Å²) in [7, 11) is 0. The van der Waals surface area contributed by atoms with Gasteiger partial charge in [0.1, 0.15) is 0 Å². The van der Waals surface area contributed by atoms with Gasteiger partial charge in [0, 0.05) is 11.9 Å². The Labute approximate surface area is 105 Å². The molecule has 1 aliphatic rings. The van der Waals surface area contributed by atoms with E-state index >= 15 is 0 Å². The van der Waals surface area contributed by atoms with Crippen molar-refractivity contribution in [2.24, 2.45) is 11.8 Å². The van der Waals surface area contributed by atoms with Crippen LogP contribution < -0.4 is 5.32 Å². The molecule has 0 spiro atoms. The van der Waals surface area contributed by atoms with Crippen molar-refractivity contribution < 1.29 is 9.90 Å². The highest BCUT2D eigenvalue weighted by Crippen LogP contribution is 2.28. The van der Waals surface area contributed by atoms with Crippen LogP contribution in [0.25, 0.3) is 0 Å². The fourth-order valence-corrected chi connectivity index (χ4v) is 2.90. The smallest absolute Gasteiger partial charge is 0.306 e. The first-order valence-corrected chi connectivity index (χ1v) is 7.00. The summed E-state index contributed by atoms with van der Waals surface area (Å²) in [5.41, 5.74) is 2.93. The predicted molar refractivity (Wildman–Crippen MR) is 66.9 cm³/mol. The Bertz CT molecular complexity index is 345. The van der Waals surface area contributed by atoms with Crippen LogP contribution in [-0.4, -0.2) is 22.6 Å². The van der Waals surface area contributed by atoms with Crippen LogP contribution in [0.4, 0.5) is 0 Å². The van der Waals surface area contributed by atoms with Crippen molar-refractivity contribution in [3.63, 3.8) is 0 Å². The van der Waals surface area contributed by atoms with Crippen LogP contribution in [-0.2, 0) is 11.3 Å². The number of aromatic nitrogens is 1. The maximum Gasteiger partial charge on any atom is 0.306 e. The summed E-state index contributed by atoms with van der Waals surface area (Å²) in [4.78, 5) is 15.0. The Morgan fingerprint density at radius 3 is 2.82 bits per heavy atom. The van der Waals surface area contributed by atoms with Crippen LogP contribution in [0.5, 0.6) is 0 Å². The minimum Gasteiger partial charge on any atom is -0.481 e. The van der Waals surface area contributed by atoms with Gasteiger partial charge in [0.15, 0.2) is 0 Å². The summed E-state index contributed by atoms with van der Waals surface area (Å²) in [6.07, 6.45) is 3.72. The highest BCUT2D eigenvalue weighted by molar-refractivity contribution is 7.07. The molecular weight excluding hydrogens is 236 g/mol. The molecule has 1 saturated carbocycles. The van der Waals surface area contributed by atoms with Gasteiger partial charge in [-0.15, -0.1) is 11.3 Å². The van der Waals surface area contributed by atoms with E-state index in [1.54, 1.807) is 11.3 Å². The molecule has 0 amide bonds. The molecule has 2 rings (SSSR count).